The molecule has 2 fully saturated rings. The van der Waals surface area contributed by atoms with E-state index >= 15 is 0 Å². The Bertz CT molecular complexity index is 1020. The van der Waals surface area contributed by atoms with Crippen LogP contribution >= 0.6 is 0 Å². The zero-order valence-electron chi connectivity index (χ0n) is 21.1. The summed E-state index contributed by atoms with van der Waals surface area (Å²) in [6.07, 6.45) is 5.55. The third-order valence-electron chi connectivity index (χ3n) is 8.52. The lowest BCUT2D eigenvalue weighted by molar-refractivity contribution is -0.152. The first-order chi connectivity index (χ1) is 16.1. The summed E-state index contributed by atoms with van der Waals surface area (Å²) in [6, 6.07) is 18.6. The summed E-state index contributed by atoms with van der Waals surface area (Å²) in [4.78, 5) is 27.6. The van der Waals surface area contributed by atoms with Crippen molar-refractivity contribution in [2.45, 2.75) is 83.6 Å². The van der Waals surface area contributed by atoms with Crippen molar-refractivity contribution in [1.29, 1.82) is 0 Å². The van der Waals surface area contributed by atoms with Crippen LogP contribution in [0.25, 0.3) is 0 Å². The van der Waals surface area contributed by atoms with Gasteiger partial charge in [0.05, 0.1) is 0 Å². The minimum atomic E-state index is -0.908. The smallest absolute Gasteiger partial charge is 0.314 e. The number of carbonyl (C=O) groups is 2. The number of rotatable bonds is 6. The van der Waals surface area contributed by atoms with Crippen LogP contribution in [0.3, 0.4) is 0 Å². The zero-order chi connectivity index (χ0) is 24.6. The molecule has 4 nitrogen and oxygen atoms in total. The number of likely N-dealkylation sites (tertiary alicyclic amines) is 1. The lowest BCUT2D eigenvalue weighted by Crippen LogP contribution is -2.52. The molecule has 1 saturated carbocycles. The van der Waals surface area contributed by atoms with Crippen molar-refractivity contribution in [1.82, 2.24) is 4.90 Å². The number of hydrogen-bond acceptors (Lipinski definition) is 2. The maximum absolute atomic E-state index is 12.9. The van der Waals surface area contributed by atoms with Crippen LogP contribution < -0.4 is 0 Å². The van der Waals surface area contributed by atoms with Gasteiger partial charge in [-0.25, -0.2) is 0 Å². The molecular weight excluding hydrogens is 422 g/mol. The molecule has 2 aliphatic rings. The number of benzene rings is 2. The first-order valence-corrected chi connectivity index (χ1v) is 12.7. The highest BCUT2D eigenvalue weighted by Gasteiger charge is 2.55. The fourth-order valence-corrected chi connectivity index (χ4v) is 6.70. The fraction of sp³-hybridized carbons (Fsp3) is 0.533. The highest BCUT2D eigenvalue weighted by Crippen LogP contribution is 2.53. The molecule has 2 unspecified atom stereocenters. The van der Waals surface area contributed by atoms with Gasteiger partial charge in [0.15, 0.2) is 0 Å². The van der Waals surface area contributed by atoms with Crippen LogP contribution in [0.1, 0.15) is 82.9 Å². The Balaban J connectivity index is 1.59. The Morgan fingerprint density at radius 1 is 1.03 bits per heavy atom. The molecule has 0 radical (unpaired) electrons. The van der Waals surface area contributed by atoms with Gasteiger partial charge < -0.3 is 10.0 Å². The Kier molecular flexibility index (Phi) is 6.63. The first-order valence-electron chi connectivity index (χ1n) is 12.7. The van der Waals surface area contributed by atoms with E-state index in [1.807, 2.05) is 35.2 Å². The highest BCUT2D eigenvalue weighted by atomic mass is 16.4. The minimum absolute atomic E-state index is 0.0533. The van der Waals surface area contributed by atoms with Crippen molar-refractivity contribution in [3.05, 3.63) is 71.3 Å². The van der Waals surface area contributed by atoms with Crippen LogP contribution in [0.2, 0.25) is 0 Å². The first kappa shape index (κ1) is 24.5. The molecule has 2 aromatic carbocycles. The molecule has 0 bridgehead atoms. The van der Waals surface area contributed by atoms with Gasteiger partial charge in [0, 0.05) is 24.9 Å². The Hall–Kier alpha value is -2.62. The number of aliphatic carboxylic acids is 1. The molecule has 1 heterocycles. The lowest BCUT2D eigenvalue weighted by atomic mass is 9.55. The number of amides is 1. The summed E-state index contributed by atoms with van der Waals surface area (Å²) >= 11 is 0. The Morgan fingerprint density at radius 2 is 1.65 bits per heavy atom. The van der Waals surface area contributed by atoms with Crippen LogP contribution in [0.15, 0.2) is 54.6 Å². The second kappa shape index (κ2) is 9.20. The fourth-order valence-electron chi connectivity index (χ4n) is 6.70. The van der Waals surface area contributed by atoms with Crippen molar-refractivity contribution in [3.8, 4) is 0 Å². The van der Waals surface area contributed by atoms with Crippen LogP contribution in [0, 0.1) is 11.3 Å². The van der Waals surface area contributed by atoms with E-state index in [9.17, 15) is 14.7 Å². The average Bonchev–Trinajstić information content (AvgIpc) is 3.32. The monoisotopic (exact) mass is 461 g/mol. The number of nitrogens with zero attached hydrogens (tertiary/aromatic N) is 1. The molecule has 182 valence electrons. The van der Waals surface area contributed by atoms with Crippen molar-refractivity contribution in [2.24, 2.45) is 11.3 Å². The van der Waals surface area contributed by atoms with Crippen molar-refractivity contribution in [3.63, 3.8) is 0 Å². The number of carbonyl (C=O) groups excluding carboxylic acids is 1. The molecule has 2 aromatic rings. The van der Waals surface area contributed by atoms with Gasteiger partial charge in [0.25, 0.3) is 0 Å². The van der Waals surface area contributed by atoms with Crippen molar-refractivity contribution >= 4 is 11.9 Å². The Morgan fingerprint density at radius 3 is 2.21 bits per heavy atom. The van der Waals surface area contributed by atoms with E-state index in [0.717, 1.165) is 43.2 Å². The maximum Gasteiger partial charge on any atom is 0.314 e. The summed E-state index contributed by atoms with van der Waals surface area (Å²) in [5.41, 5.74) is 1.85. The average molecular weight is 462 g/mol. The molecule has 1 aliphatic carbocycles. The lowest BCUT2D eigenvalue weighted by Gasteiger charge is -2.46. The zero-order valence-corrected chi connectivity index (χ0v) is 21.1. The van der Waals surface area contributed by atoms with E-state index < -0.39 is 16.8 Å². The van der Waals surface area contributed by atoms with Crippen LogP contribution in [0.5, 0.6) is 0 Å². The quantitative estimate of drug-likeness (QED) is 0.547. The van der Waals surface area contributed by atoms with Gasteiger partial charge in [0.1, 0.15) is 5.41 Å². The van der Waals surface area contributed by atoms with E-state index in [4.69, 9.17) is 0 Å². The molecular formula is C30H39NO3. The van der Waals surface area contributed by atoms with Crippen LogP contribution in [-0.2, 0) is 27.0 Å². The van der Waals surface area contributed by atoms with E-state index in [0.29, 0.717) is 19.5 Å². The second-order valence-corrected chi connectivity index (χ2v) is 11.7. The molecule has 34 heavy (non-hydrogen) atoms. The molecule has 0 spiro atoms. The third-order valence-corrected chi connectivity index (χ3v) is 8.52. The number of carboxylic acid groups (broad SMARTS) is 1. The van der Waals surface area contributed by atoms with Gasteiger partial charge in [-0.2, -0.15) is 0 Å². The minimum Gasteiger partial charge on any atom is -0.481 e. The molecule has 2 atom stereocenters. The van der Waals surface area contributed by atoms with Crippen molar-refractivity contribution in [2.75, 3.05) is 6.54 Å². The van der Waals surface area contributed by atoms with E-state index in [2.05, 4.69) is 52.0 Å². The molecule has 1 N–H and O–H groups in total. The number of carboxylic acids is 1. The molecule has 4 heteroatoms. The van der Waals surface area contributed by atoms with Gasteiger partial charge in [-0.05, 0) is 47.3 Å². The molecule has 1 saturated heterocycles. The second-order valence-electron chi connectivity index (χ2n) is 11.7. The topological polar surface area (TPSA) is 57.6 Å². The standard InChI is InChI=1S/C30H39NO3/c1-28(2,3)30(27(33)34,24-12-8-9-13-24)25-16-14-22(15-17-25)20-31-21-29(4,19-18-26(31)32)23-10-6-5-7-11-23/h5-7,10-11,14-17,24H,8-9,12-13,18-21H2,1-4H3,(H,33,34). The van der Waals surface area contributed by atoms with Gasteiger partial charge in [-0.15, -0.1) is 0 Å². The Labute approximate surface area is 204 Å². The van der Waals surface area contributed by atoms with E-state index in [1.165, 1.54) is 5.56 Å². The molecule has 4 rings (SSSR count). The number of hydrogen-bond donors (Lipinski definition) is 1. The normalized spacial score (nSPS) is 23.6. The van der Waals surface area contributed by atoms with E-state index in [-0.39, 0.29) is 17.2 Å². The summed E-state index contributed by atoms with van der Waals surface area (Å²) in [5, 5.41) is 10.6. The summed E-state index contributed by atoms with van der Waals surface area (Å²) in [5.74, 6) is -0.381. The molecule has 1 aliphatic heterocycles. The SMILES string of the molecule is CC1(c2ccccc2)CCC(=O)N(Cc2ccc(C(C(=O)O)(C3CCCC3)C(C)(C)C)cc2)C1. The van der Waals surface area contributed by atoms with Crippen molar-refractivity contribution < 1.29 is 14.7 Å². The van der Waals surface area contributed by atoms with Gasteiger partial charge in [0.2, 0.25) is 5.91 Å². The predicted octanol–water partition coefficient (Wildman–Crippen LogP) is 6.33. The summed E-state index contributed by atoms with van der Waals surface area (Å²) in [6.45, 7) is 9.68. The van der Waals surface area contributed by atoms with Crippen LogP contribution in [0.4, 0.5) is 0 Å². The van der Waals surface area contributed by atoms with Gasteiger partial charge in [-0.3, -0.25) is 9.59 Å². The summed E-state index contributed by atoms with van der Waals surface area (Å²) < 4.78 is 0. The predicted molar refractivity (Wildman–Crippen MR) is 136 cm³/mol. The molecule has 0 aromatic heterocycles. The number of piperidine rings is 1. The molecule has 1 amide bonds. The van der Waals surface area contributed by atoms with Crippen LogP contribution in [-0.4, -0.2) is 28.4 Å². The highest BCUT2D eigenvalue weighted by molar-refractivity contribution is 5.83. The van der Waals surface area contributed by atoms with Gasteiger partial charge in [-0.1, -0.05) is 95.1 Å². The third kappa shape index (κ3) is 4.28. The van der Waals surface area contributed by atoms with E-state index in [1.54, 1.807) is 0 Å². The largest absolute Gasteiger partial charge is 0.481 e. The maximum atomic E-state index is 12.9. The van der Waals surface area contributed by atoms with Gasteiger partial charge >= 0.3 is 5.97 Å². The summed E-state index contributed by atoms with van der Waals surface area (Å²) in [7, 11) is 0.